The van der Waals surface area contributed by atoms with Gasteiger partial charge in [-0.15, -0.1) is 0 Å². The molecule has 0 fully saturated rings. The van der Waals surface area contributed by atoms with E-state index in [2.05, 4.69) is 9.98 Å². The van der Waals surface area contributed by atoms with Gasteiger partial charge in [0.25, 0.3) is 0 Å². The summed E-state index contributed by atoms with van der Waals surface area (Å²) in [6, 6.07) is 16.8. The monoisotopic (exact) mass is 586 g/mol. The van der Waals surface area contributed by atoms with Crippen LogP contribution in [0.15, 0.2) is 96.2 Å². The molecule has 0 saturated heterocycles. The zero-order valence-corrected chi connectivity index (χ0v) is 21.4. The normalized spacial score (nSPS) is 14.2. The number of amides is 1. The van der Waals surface area contributed by atoms with Gasteiger partial charge in [-0.05, 0) is 72.3 Å². The van der Waals surface area contributed by atoms with E-state index in [1.54, 1.807) is 47.6 Å². The predicted molar refractivity (Wildman–Crippen MR) is 140 cm³/mol. The maximum absolute atomic E-state index is 13.1. The van der Waals surface area contributed by atoms with Gasteiger partial charge in [0.2, 0.25) is 12.0 Å². The standard InChI is InChI=1S/C21H16F3N3O2.C8H4F3NO/c22-21(23,24)14-2-1-3-15(12-14)27-18-5-4-17(29-16-6-8-26-9-7-16)10-13(18)11-19(27)20(25)28;9-8(10,11)6-2-1-3-7(4-6)12-5-13/h1-10,12,19H,11H2,(H2,25,28);1-4H. The highest BCUT2D eigenvalue weighted by atomic mass is 19.4. The Labute approximate surface area is 234 Å². The van der Waals surface area contributed by atoms with Crippen molar-refractivity contribution in [1.29, 1.82) is 0 Å². The van der Waals surface area contributed by atoms with Crippen molar-refractivity contribution < 1.29 is 40.7 Å². The summed E-state index contributed by atoms with van der Waals surface area (Å²) in [4.78, 5) is 30.3. The molecule has 13 heteroatoms. The Balaban J connectivity index is 0.000000262. The van der Waals surface area contributed by atoms with Gasteiger partial charge in [0.05, 0.1) is 16.8 Å². The number of halogens is 6. The number of hydrogen-bond acceptors (Lipinski definition) is 6. The van der Waals surface area contributed by atoms with E-state index in [9.17, 15) is 35.9 Å². The highest BCUT2D eigenvalue weighted by Crippen LogP contribution is 2.42. The predicted octanol–water partition coefficient (Wildman–Crippen LogP) is 7.11. The Bertz CT molecular complexity index is 1620. The van der Waals surface area contributed by atoms with Crippen LogP contribution >= 0.6 is 0 Å². The van der Waals surface area contributed by atoms with Gasteiger partial charge in [0.1, 0.15) is 17.5 Å². The van der Waals surface area contributed by atoms with Crippen LogP contribution < -0.4 is 15.4 Å². The number of ether oxygens (including phenoxy) is 1. The third-order valence-electron chi connectivity index (χ3n) is 6.05. The number of alkyl halides is 6. The molecule has 2 heterocycles. The average molecular weight is 586 g/mol. The van der Waals surface area contributed by atoms with Crippen molar-refractivity contribution in [1.82, 2.24) is 4.98 Å². The molecule has 42 heavy (non-hydrogen) atoms. The fourth-order valence-electron chi connectivity index (χ4n) is 4.22. The maximum Gasteiger partial charge on any atom is 0.416 e. The van der Waals surface area contributed by atoms with Crippen molar-refractivity contribution in [2.24, 2.45) is 10.7 Å². The molecular weight excluding hydrogens is 566 g/mol. The number of anilines is 2. The SMILES string of the molecule is NC(=O)C1Cc2cc(Oc3ccncc3)ccc2N1c1cccc(C(F)(F)F)c1.O=C=Nc1cccc(C(F)(F)F)c1. The first kappa shape index (κ1) is 29.8. The summed E-state index contributed by atoms with van der Waals surface area (Å²) >= 11 is 0. The van der Waals surface area contributed by atoms with E-state index in [4.69, 9.17) is 10.5 Å². The van der Waals surface area contributed by atoms with Crippen molar-refractivity contribution in [3.05, 3.63) is 108 Å². The summed E-state index contributed by atoms with van der Waals surface area (Å²) < 4.78 is 81.4. The van der Waals surface area contributed by atoms with Crippen LogP contribution in [0.5, 0.6) is 11.5 Å². The molecule has 1 atom stereocenters. The van der Waals surface area contributed by atoms with Crippen LogP contribution in [-0.2, 0) is 28.4 Å². The summed E-state index contributed by atoms with van der Waals surface area (Å²) in [7, 11) is 0. The van der Waals surface area contributed by atoms with Gasteiger partial charge in [-0.2, -0.15) is 31.3 Å². The lowest BCUT2D eigenvalue weighted by Crippen LogP contribution is -2.40. The largest absolute Gasteiger partial charge is 0.457 e. The van der Waals surface area contributed by atoms with Crippen LogP contribution in [0.4, 0.5) is 43.4 Å². The molecule has 1 amide bonds. The third-order valence-corrected chi connectivity index (χ3v) is 6.05. The van der Waals surface area contributed by atoms with E-state index in [1.165, 1.54) is 30.3 Å². The van der Waals surface area contributed by atoms with E-state index in [-0.39, 0.29) is 17.8 Å². The lowest BCUT2D eigenvalue weighted by atomic mass is 10.1. The van der Waals surface area contributed by atoms with Gasteiger partial charge >= 0.3 is 12.4 Å². The summed E-state index contributed by atoms with van der Waals surface area (Å²) in [5, 5.41) is 0. The average Bonchev–Trinajstić information content (AvgIpc) is 3.33. The molecule has 3 aromatic carbocycles. The second-order valence-corrected chi connectivity index (χ2v) is 8.87. The van der Waals surface area contributed by atoms with Gasteiger partial charge in [-0.1, -0.05) is 12.1 Å². The molecule has 1 unspecified atom stereocenters. The van der Waals surface area contributed by atoms with Crippen molar-refractivity contribution >= 4 is 29.0 Å². The smallest absolute Gasteiger partial charge is 0.416 e. The Morgan fingerprint density at radius 2 is 1.52 bits per heavy atom. The molecule has 0 saturated carbocycles. The molecule has 1 aliphatic heterocycles. The number of hydrogen-bond donors (Lipinski definition) is 1. The number of nitrogens with zero attached hydrogens (tertiary/aromatic N) is 3. The zero-order valence-electron chi connectivity index (χ0n) is 21.4. The summed E-state index contributed by atoms with van der Waals surface area (Å²) in [6.07, 6.45) is -4.25. The minimum Gasteiger partial charge on any atom is -0.457 e. The van der Waals surface area contributed by atoms with E-state index >= 15 is 0 Å². The molecule has 216 valence electrons. The molecule has 0 spiro atoms. The van der Waals surface area contributed by atoms with Crippen LogP contribution in [0.1, 0.15) is 16.7 Å². The summed E-state index contributed by atoms with van der Waals surface area (Å²) in [5.41, 5.74) is 5.52. The lowest BCUT2D eigenvalue weighted by molar-refractivity contribution is -0.138. The minimum atomic E-state index is -4.48. The first-order valence-corrected chi connectivity index (χ1v) is 12.1. The van der Waals surface area contributed by atoms with E-state index in [0.29, 0.717) is 17.2 Å². The number of fused-ring (bicyclic) bond motifs is 1. The molecule has 0 bridgehead atoms. The molecule has 1 aromatic heterocycles. The molecular formula is C29H20F6N4O3. The second-order valence-electron chi connectivity index (χ2n) is 8.87. The number of rotatable bonds is 5. The summed E-state index contributed by atoms with van der Waals surface area (Å²) in [6.45, 7) is 0. The highest BCUT2D eigenvalue weighted by Gasteiger charge is 2.37. The van der Waals surface area contributed by atoms with Crippen molar-refractivity contribution in [2.75, 3.05) is 4.90 Å². The fourth-order valence-corrected chi connectivity index (χ4v) is 4.22. The topological polar surface area (TPSA) is 97.9 Å². The number of aromatic nitrogens is 1. The van der Waals surface area contributed by atoms with Crippen molar-refractivity contribution in [2.45, 2.75) is 24.8 Å². The molecule has 4 aromatic rings. The van der Waals surface area contributed by atoms with Gasteiger partial charge in [-0.3, -0.25) is 9.78 Å². The number of benzene rings is 3. The van der Waals surface area contributed by atoms with Crippen molar-refractivity contribution in [3.8, 4) is 11.5 Å². The molecule has 2 N–H and O–H groups in total. The first-order valence-electron chi connectivity index (χ1n) is 12.1. The number of nitrogens with two attached hydrogens (primary N) is 1. The molecule has 1 aliphatic rings. The van der Waals surface area contributed by atoms with Gasteiger partial charge in [-0.25, -0.2) is 4.79 Å². The van der Waals surface area contributed by atoms with Crippen LogP contribution in [0.2, 0.25) is 0 Å². The van der Waals surface area contributed by atoms with Crippen LogP contribution in [0.25, 0.3) is 0 Å². The first-order chi connectivity index (χ1) is 19.9. The Morgan fingerprint density at radius 1 is 0.881 bits per heavy atom. The van der Waals surface area contributed by atoms with Crippen LogP contribution in [-0.4, -0.2) is 23.0 Å². The lowest BCUT2D eigenvalue weighted by Gasteiger charge is -2.26. The van der Waals surface area contributed by atoms with E-state index in [1.807, 2.05) is 0 Å². The molecule has 5 rings (SSSR count). The number of carbonyl (C=O) groups is 1. The number of carbonyl (C=O) groups excluding carboxylic acids is 2. The number of pyridine rings is 1. The quantitative estimate of drug-likeness (QED) is 0.153. The molecule has 7 nitrogen and oxygen atoms in total. The second kappa shape index (κ2) is 12.1. The van der Waals surface area contributed by atoms with Crippen LogP contribution in [0, 0.1) is 0 Å². The van der Waals surface area contributed by atoms with E-state index in [0.717, 1.165) is 29.8 Å². The Hall–Kier alpha value is -5.16. The third kappa shape index (κ3) is 7.12. The van der Waals surface area contributed by atoms with Crippen LogP contribution in [0.3, 0.4) is 0 Å². The molecule has 0 radical (unpaired) electrons. The highest BCUT2D eigenvalue weighted by molar-refractivity contribution is 5.90. The van der Waals surface area contributed by atoms with E-state index < -0.39 is 35.4 Å². The summed E-state index contributed by atoms with van der Waals surface area (Å²) in [5.74, 6) is 0.526. The number of primary amides is 1. The zero-order chi connectivity index (χ0) is 30.5. The van der Waals surface area contributed by atoms with Gasteiger partial charge in [0.15, 0.2) is 0 Å². The Kier molecular flexibility index (Phi) is 8.62. The van der Waals surface area contributed by atoms with Gasteiger partial charge in [0, 0.05) is 30.2 Å². The number of aliphatic imine (C=N–C) groups is 1. The maximum atomic E-state index is 13.1. The van der Waals surface area contributed by atoms with Crippen molar-refractivity contribution in [3.63, 3.8) is 0 Å². The van der Waals surface area contributed by atoms with Gasteiger partial charge < -0.3 is 15.4 Å². The fraction of sp³-hybridized carbons (Fsp3) is 0.138. The molecule has 0 aliphatic carbocycles. The number of isocyanates is 1. The Morgan fingerprint density at radius 3 is 2.14 bits per heavy atom. The minimum absolute atomic E-state index is 0.0511.